The Bertz CT molecular complexity index is 541. The highest BCUT2D eigenvalue weighted by molar-refractivity contribution is 5.85. The fourth-order valence-electron chi connectivity index (χ4n) is 1.87. The standard InChI is InChI=1S/C11H10N2O2/c14-11(15)10-12-9(7-4-5-7)8-3-1-2-6-13(8)10/h1-3,6-7H,4-5H2,(H,14,15). The average molecular weight is 202 g/mol. The highest BCUT2D eigenvalue weighted by Crippen LogP contribution is 2.41. The molecular formula is C11H10N2O2. The van der Waals surface area contributed by atoms with Crippen LogP contribution in [-0.2, 0) is 0 Å². The Morgan fingerprint density at radius 3 is 2.93 bits per heavy atom. The van der Waals surface area contributed by atoms with E-state index in [1.807, 2.05) is 18.2 Å². The predicted octanol–water partition coefficient (Wildman–Crippen LogP) is 1.91. The van der Waals surface area contributed by atoms with E-state index in [9.17, 15) is 4.79 Å². The lowest BCUT2D eigenvalue weighted by molar-refractivity contribution is 0.0682. The van der Waals surface area contributed by atoms with Crippen molar-refractivity contribution in [2.75, 3.05) is 0 Å². The van der Waals surface area contributed by atoms with Gasteiger partial charge in [-0.3, -0.25) is 4.40 Å². The molecule has 76 valence electrons. The summed E-state index contributed by atoms with van der Waals surface area (Å²) in [6.45, 7) is 0. The van der Waals surface area contributed by atoms with Gasteiger partial charge in [-0.2, -0.15) is 0 Å². The number of imidazole rings is 1. The largest absolute Gasteiger partial charge is 0.475 e. The molecule has 0 spiro atoms. The maximum atomic E-state index is 11.0. The van der Waals surface area contributed by atoms with Crippen LogP contribution in [0.25, 0.3) is 5.52 Å². The van der Waals surface area contributed by atoms with Crippen LogP contribution >= 0.6 is 0 Å². The Balaban J connectivity index is 2.32. The van der Waals surface area contributed by atoms with Crippen LogP contribution in [0.4, 0.5) is 0 Å². The molecule has 1 saturated carbocycles. The first-order valence-electron chi connectivity index (χ1n) is 4.97. The first-order valence-corrected chi connectivity index (χ1v) is 4.97. The molecular weight excluding hydrogens is 192 g/mol. The van der Waals surface area contributed by atoms with Crippen molar-refractivity contribution in [2.24, 2.45) is 0 Å². The molecule has 0 aliphatic heterocycles. The Morgan fingerprint density at radius 2 is 2.27 bits per heavy atom. The summed E-state index contributed by atoms with van der Waals surface area (Å²) >= 11 is 0. The number of hydrogen-bond acceptors (Lipinski definition) is 2. The molecule has 1 N–H and O–H groups in total. The van der Waals surface area contributed by atoms with E-state index < -0.39 is 5.97 Å². The number of pyridine rings is 1. The molecule has 2 aromatic rings. The molecule has 4 nitrogen and oxygen atoms in total. The zero-order valence-corrected chi connectivity index (χ0v) is 8.05. The summed E-state index contributed by atoms with van der Waals surface area (Å²) in [7, 11) is 0. The second kappa shape index (κ2) is 2.82. The third kappa shape index (κ3) is 1.21. The summed E-state index contributed by atoms with van der Waals surface area (Å²) in [4.78, 5) is 15.2. The molecule has 0 atom stereocenters. The number of aromatic carboxylic acids is 1. The smallest absolute Gasteiger partial charge is 0.372 e. The van der Waals surface area contributed by atoms with Gasteiger partial charge in [-0.25, -0.2) is 9.78 Å². The average Bonchev–Trinajstić information content (AvgIpc) is 2.99. The van der Waals surface area contributed by atoms with E-state index in [1.54, 1.807) is 10.6 Å². The minimum atomic E-state index is -0.969. The molecule has 0 bridgehead atoms. The summed E-state index contributed by atoms with van der Waals surface area (Å²) in [5.74, 6) is -0.383. The number of carbonyl (C=O) groups is 1. The summed E-state index contributed by atoms with van der Waals surface area (Å²) in [6.07, 6.45) is 4.00. The summed E-state index contributed by atoms with van der Waals surface area (Å²) in [5.41, 5.74) is 1.87. The molecule has 1 aliphatic rings. The van der Waals surface area contributed by atoms with E-state index in [0.717, 1.165) is 24.1 Å². The molecule has 1 fully saturated rings. The van der Waals surface area contributed by atoms with E-state index in [2.05, 4.69) is 4.98 Å². The van der Waals surface area contributed by atoms with E-state index in [-0.39, 0.29) is 5.82 Å². The van der Waals surface area contributed by atoms with Gasteiger partial charge in [0, 0.05) is 12.1 Å². The molecule has 2 heterocycles. The van der Waals surface area contributed by atoms with Gasteiger partial charge >= 0.3 is 5.97 Å². The second-order valence-electron chi connectivity index (χ2n) is 3.86. The lowest BCUT2D eigenvalue weighted by Crippen LogP contribution is -2.02. The van der Waals surface area contributed by atoms with E-state index in [1.165, 1.54) is 0 Å². The second-order valence-corrected chi connectivity index (χ2v) is 3.86. The maximum Gasteiger partial charge on any atom is 0.372 e. The number of rotatable bonds is 2. The first kappa shape index (κ1) is 8.47. The van der Waals surface area contributed by atoms with Gasteiger partial charge in [-0.1, -0.05) is 6.07 Å². The molecule has 3 rings (SSSR count). The zero-order chi connectivity index (χ0) is 10.4. The molecule has 0 unspecified atom stereocenters. The number of aromatic nitrogens is 2. The van der Waals surface area contributed by atoms with Gasteiger partial charge in [0.2, 0.25) is 5.82 Å². The minimum Gasteiger partial charge on any atom is -0.475 e. The Hall–Kier alpha value is -1.84. The van der Waals surface area contributed by atoms with Crippen molar-refractivity contribution >= 4 is 11.5 Å². The van der Waals surface area contributed by atoms with Crippen molar-refractivity contribution in [3.05, 3.63) is 35.9 Å². The minimum absolute atomic E-state index is 0.118. The maximum absolute atomic E-state index is 11.0. The number of hydrogen-bond donors (Lipinski definition) is 1. The SMILES string of the molecule is O=C(O)c1nc(C2CC2)c2ccccn12. The van der Waals surface area contributed by atoms with Crippen LogP contribution in [0.2, 0.25) is 0 Å². The number of carboxylic acids is 1. The molecule has 0 amide bonds. The summed E-state index contributed by atoms with van der Waals surface area (Å²) in [6, 6.07) is 5.65. The van der Waals surface area contributed by atoms with Crippen molar-refractivity contribution < 1.29 is 9.90 Å². The van der Waals surface area contributed by atoms with Crippen LogP contribution in [0, 0.1) is 0 Å². The van der Waals surface area contributed by atoms with Crippen LogP contribution in [0.15, 0.2) is 24.4 Å². The number of carboxylic acid groups (broad SMARTS) is 1. The van der Waals surface area contributed by atoms with Crippen LogP contribution in [0.5, 0.6) is 0 Å². The predicted molar refractivity (Wildman–Crippen MR) is 54.1 cm³/mol. The lowest BCUT2D eigenvalue weighted by Gasteiger charge is -1.95. The monoisotopic (exact) mass is 202 g/mol. The van der Waals surface area contributed by atoms with E-state index in [4.69, 9.17) is 5.11 Å². The van der Waals surface area contributed by atoms with Crippen molar-refractivity contribution in [1.29, 1.82) is 0 Å². The molecule has 0 radical (unpaired) electrons. The Labute approximate surface area is 86.2 Å². The highest BCUT2D eigenvalue weighted by atomic mass is 16.4. The highest BCUT2D eigenvalue weighted by Gasteiger charge is 2.30. The van der Waals surface area contributed by atoms with Crippen molar-refractivity contribution in [1.82, 2.24) is 9.38 Å². The zero-order valence-electron chi connectivity index (χ0n) is 8.05. The van der Waals surface area contributed by atoms with Gasteiger partial charge in [-0.15, -0.1) is 0 Å². The van der Waals surface area contributed by atoms with E-state index in [0.29, 0.717) is 5.92 Å². The molecule has 0 aromatic carbocycles. The van der Waals surface area contributed by atoms with Gasteiger partial charge in [0.05, 0.1) is 11.2 Å². The lowest BCUT2D eigenvalue weighted by atomic mass is 10.2. The van der Waals surface area contributed by atoms with Crippen molar-refractivity contribution in [3.8, 4) is 0 Å². The number of fused-ring (bicyclic) bond motifs is 1. The normalized spacial score (nSPS) is 15.7. The fourth-order valence-corrected chi connectivity index (χ4v) is 1.87. The van der Waals surface area contributed by atoms with E-state index >= 15 is 0 Å². The third-order valence-corrected chi connectivity index (χ3v) is 2.73. The van der Waals surface area contributed by atoms with Gasteiger partial charge in [0.1, 0.15) is 0 Å². The van der Waals surface area contributed by atoms with Gasteiger partial charge < -0.3 is 5.11 Å². The summed E-state index contributed by atoms with van der Waals surface area (Å²) in [5, 5.41) is 9.02. The van der Waals surface area contributed by atoms with Crippen LogP contribution in [0.3, 0.4) is 0 Å². The van der Waals surface area contributed by atoms with Gasteiger partial charge in [0.25, 0.3) is 0 Å². The van der Waals surface area contributed by atoms with Crippen LogP contribution in [0.1, 0.15) is 35.1 Å². The van der Waals surface area contributed by atoms with Gasteiger partial charge in [0.15, 0.2) is 0 Å². The number of nitrogens with zero attached hydrogens (tertiary/aromatic N) is 2. The van der Waals surface area contributed by atoms with Crippen molar-refractivity contribution in [2.45, 2.75) is 18.8 Å². The molecule has 4 heteroatoms. The van der Waals surface area contributed by atoms with Gasteiger partial charge in [-0.05, 0) is 25.0 Å². The quantitative estimate of drug-likeness (QED) is 0.809. The Kier molecular flexibility index (Phi) is 1.59. The van der Waals surface area contributed by atoms with Crippen molar-refractivity contribution in [3.63, 3.8) is 0 Å². The van der Waals surface area contributed by atoms with Crippen LogP contribution < -0.4 is 0 Å². The molecule has 0 saturated heterocycles. The topological polar surface area (TPSA) is 54.6 Å². The third-order valence-electron chi connectivity index (χ3n) is 2.73. The molecule has 2 aromatic heterocycles. The first-order chi connectivity index (χ1) is 7.27. The fraction of sp³-hybridized carbons (Fsp3) is 0.273. The van der Waals surface area contributed by atoms with Crippen LogP contribution in [-0.4, -0.2) is 20.5 Å². The summed E-state index contributed by atoms with van der Waals surface area (Å²) < 4.78 is 1.65. The molecule has 15 heavy (non-hydrogen) atoms. The molecule has 1 aliphatic carbocycles. The Morgan fingerprint density at radius 1 is 1.47 bits per heavy atom.